The van der Waals surface area contributed by atoms with Gasteiger partial charge in [-0.2, -0.15) is 0 Å². The second kappa shape index (κ2) is 13.0. The lowest BCUT2D eigenvalue weighted by Gasteiger charge is -2.25. The molecule has 1 aromatic heterocycles. The van der Waals surface area contributed by atoms with Gasteiger partial charge in [-0.3, -0.25) is 0 Å². The minimum atomic E-state index is -0.172. The zero-order chi connectivity index (χ0) is 38.1. The van der Waals surface area contributed by atoms with Crippen molar-refractivity contribution in [1.82, 2.24) is 9.97 Å². The third kappa shape index (κ3) is 5.25. The molecule has 10 aromatic rings. The first-order valence-electron chi connectivity index (χ1n) is 19.8. The van der Waals surface area contributed by atoms with Gasteiger partial charge in [0.25, 0.3) is 0 Å². The molecule has 0 N–H and O–H groups in total. The van der Waals surface area contributed by atoms with Crippen molar-refractivity contribution in [1.29, 1.82) is 0 Å². The monoisotopic (exact) mass is 726 g/mol. The molecule has 2 nitrogen and oxygen atoms in total. The average molecular weight is 727 g/mol. The number of fused-ring (bicyclic) bond motifs is 7. The summed E-state index contributed by atoms with van der Waals surface area (Å²) in [6.07, 6.45) is 0. The summed E-state index contributed by atoms with van der Waals surface area (Å²) in [6, 6.07) is 70.0. The molecule has 1 aliphatic rings. The molecule has 1 heterocycles. The lowest BCUT2D eigenvalue weighted by molar-refractivity contribution is 0.662. The Morgan fingerprint density at radius 2 is 0.860 bits per heavy atom. The molecule has 0 amide bonds. The minimum absolute atomic E-state index is 0.172. The van der Waals surface area contributed by atoms with E-state index in [1.807, 2.05) is 6.07 Å². The molecular weight excluding hydrogens is 689 g/mol. The zero-order valence-corrected chi connectivity index (χ0v) is 31.9. The number of rotatable bonds is 5. The highest BCUT2D eigenvalue weighted by Gasteiger charge is 2.38. The molecule has 0 saturated heterocycles. The van der Waals surface area contributed by atoms with E-state index in [2.05, 4.69) is 202 Å². The Morgan fingerprint density at radius 3 is 1.65 bits per heavy atom. The Kier molecular flexibility index (Phi) is 7.55. The molecule has 0 fully saturated rings. The highest BCUT2D eigenvalue weighted by atomic mass is 14.9. The molecule has 1 aliphatic carbocycles. The lowest BCUT2D eigenvalue weighted by Crippen LogP contribution is -2.16. The molecule has 0 unspecified atom stereocenters. The fourth-order valence-corrected chi connectivity index (χ4v) is 9.47. The van der Waals surface area contributed by atoms with Crippen LogP contribution in [-0.4, -0.2) is 9.97 Å². The van der Waals surface area contributed by atoms with Crippen LogP contribution in [0.3, 0.4) is 0 Å². The smallest absolute Gasteiger partial charge is 0.160 e. The highest BCUT2D eigenvalue weighted by molar-refractivity contribution is 6.09. The fraction of sp³-hybridized carbons (Fsp3) is 0.0545. The normalized spacial score (nSPS) is 12.9. The Bertz CT molecular complexity index is 3210. The van der Waals surface area contributed by atoms with Gasteiger partial charge in [-0.15, -0.1) is 0 Å². The molecule has 57 heavy (non-hydrogen) atoms. The van der Waals surface area contributed by atoms with Crippen LogP contribution < -0.4 is 0 Å². The Labute approximate surface area is 332 Å². The van der Waals surface area contributed by atoms with E-state index in [1.54, 1.807) is 0 Å². The van der Waals surface area contributed by atoms with Gasteiger partial charge in [-0.05, 0) is 82.9 Å². The van der Waals surface area contributed by atoms with E-state index in [0.717, 1.165) is 39.0 Å². The van der Waals surface area contributed by atoms with Crippen LogP contribution >= 0.6 is 0 Å². The topological polar surface area (TPSA) is 25.8 Å². The van der Waals surface area contributed by atoms with Crippen LogP contribution in [0.4, 0.5) is 0 Å². The molecule has 0 radical (unpaired) electrons. The summed E-state index contributed by atoms with van der Waals surface area (Å²) in [6.45, 7) is 4.77. The predicted octanol–water partition coefficient (Wildman–Crippen LogP) is 14.6. The maximum absolute atomic E-state index is 5.33. The maximum atomic E-state index is 5.33. The number of nitrogens with zero attached hydrogens (tertiary/aromatic N) is 2. The Hall–Kier alpha value is -7.16. The van der Waals surface area contributed by atoms with Crippen molar-refractivity contribution in [3.8, 4) is 67.3 Å². The van der Waals surface area contributed by atoms with Gasteiger partial charge >= 0.3 is 0 Å². The number of hydrogen-bond donors (Lipinski definition) is 0. The molecule has 0 atom stereocenters. The van der Waals surface area contributed by atoms with Crippen molar-refractivity contribution >= 4 is 32.3 Å². The first-order valence-corrected chi connectivity index (χ1v) is 19.8. The van der Waals surface area contributed by atoms with Crippen LogP contribution in [0.15, 0.2) is 194 Å². The summed E-state index contributed by atoms with van der Waals surface area (Å²) in [5.41, 5.74) is 15.1. The van der Waals surface area contributed by atoms with Crippen LogP contribution in [0.25, 0.3) is 99.6 Å². The van der Waals surface area contributed by atoms with Crippen LogP contribution in [0.5, 0.6) is 0 Å². The molecule has 2 heteroatoms. The largest absolute Gasteiger partial charge is 0.228 e. The molecule has 0 aliphatic heterocycles. The van der Waals surface area contributed by atoms with E-state index in [0.29, 0.717) is 5.82 Å². The fourth-order valence-electron chi connectivity index (χ4n) is 9.47. The van der Waals surface area contributed by atoms with Crippen LogP contribution in [0.2, 0.25) is 0 Å². The Morgan fingerprint density at radius 1 is 0.351 bits per heavy atom. The molecule has 268 valence electrons. The minimum Gasteiger partial charge on any atom is -0.228 e. The summed E-state index contributed by atoms with van der Waals surface area (Å²) in [7, 11) is 0. The summed E-state index contributed by atoms with van der Waals surface area (Å²) >= 11 is 0. The van der Waals surface area contributed by atoms with E-state index >= 15 is 0 Å². The van der Waals surface area contributed by atoms with E-state index < -0.39 is 0 Å². The first kappa shape index (κ1) is 33.2. The second-order valence-corrected chi connectivity index (χ2v) is 15.7. The molecular formula is C55H38N2. The molecule has 0 bridgehead atoms. The van der Waals surface area contributed by atoms with Crippen molar-refractivity contribution in [2.24, 2.45) is 0 Å². The van der Waals surface area contributed by atoms with Gasteiger partial charge in [0, 0.05) is 22.1 Å². The van der Waals surface area contributed by atoms with Crippen LogP contribution in [0, 0.1) is 0 Å². The summed E-state index contributed by atoms with van der Waals surface area (Å²) in [5.74, 6) is 0.705. The molecule has 0 saturated carbocycles. The molecule has 0 spiro atoms. The third-order valence-corrected chi connectivity index (χ3v) is 12.1. The van der Waals surface area contributed by atoms with Crippen molar-refractivity contribution in [2.45, 2.75) is 19.3 Å². The highest BCUT2D eigenvalue weighted by Crippen LogP contribution is 2.55. The average Bonchev–Trinajstić information content (AvgIpc) is 3.52. The van der Waals surface area contributed by atoms with Crippen molar-refractivity contribution in [3.63, 3.8) is 0 Å². The number of hydrogen-bond acceptors (Lipinski definition) is 2. The molecule has 11 rings (SSSR count). The van der Waals surface area contributed by atoms with Gasteiger partial charge in [0.15, 0.2) is 5.82 Å². The SMILES string of the molecule is CC1(C)c2ccc3ccccc3c2-c2cccc(-c3ccc(-c4cc(-c5ccccc5-c5cccc6ccccc56)nc(-c5ccccc5)n4)c4ccccc34)c21. The standard InChI is InChI=1S/C55H38N2/c1-55(2)49-33-30-36-17-7-9-22-39(36)52(49)48-29-15-28-47(53(48)55)44-31-32-46(43-25-11-10-23-41(43)44)51-34-50(56-54(57-51)37-18-4-3-5-19-37)45-26-13-12-24-42(45)40-27-14-20-35-16-6-8-21-38(35)40/h3-34H,1-2H3. The van der Waals surface area contributed by atoms with Gasteiger partial charge in [0.05, 0.1) is 11.4 Å². The third-order valence-electron chi connectivity index (χ3n) is 12.1. The van der Waals surface area contributed by atoms with E-state index in [1.165, 1.54) is 65.9 Å². The predicted molar refractivity (Wildman–Crippen MR) is 239 cm³/mol. The van der Waals surface area contributed by atoms with Gasteiger partial charge in [-0.1, -0.05) is 202 Å². The zero-order valence-electron chi connectivity index (χ0n) is 31.9. The summed E-state index contributed by atoms with van der Waals surface area (Å²) in [4.78, 5) is 10.6. The number of benzene rings is 9. The van der Waals surface area contributed by atoms with Crippen molar-refractivity contribution in [3.05, 3.63) is 205 Å². The second-order valence-electron chi connectivity index (χ2n) is 15.7. The van der Waals surface area contributed by atoms with E-state index in [-0.39, 0.29) is 5.41 Å². The van der Waals surface area contributed by atoms with Gasteiger partial charge in [-0.25, -0.2) is 9.97 Å². The quantitative estimate of drug-likeness (QED) is 0.176. The number of aromatic nitrogens is 2. The van der Waals surface area contributed by atoms with E-state index in [9.17, 15) is 0 Å². The summed E-state index contributed by atoms with van der Waals surface area (Å²) in [5, 5.41) is 7.40. The summed E-state index contributed by atoms with van der Waals surface area (Å²) < 4.78 is 0. The lowest BCUT2D eigenvalue weighted by atomic mass is 9.78. The Balaban J connectivity index is 1.12. The maximum Gasteiger partial charge on any atom is 0.160 e. The van der Waals surface area contributed by atoms with Crippen molar-refractivity contribution < 1.29 is 0 Å². The van der Waals surface area contributed by atoms with Crippen LogP contribution in [0.1, 0.15) is 25.0 Å². The molecule has 9 aromatic carbocycles. The van der Waals surface area contributed by atoms with E-state index in [4.69, 9.17) is 9.97 Å². The van der Waals surface area contributed by atoms with Gasteiger partial charge in [0.2, 0.25) is 0 Å². The van der Waals surface area contributed by atoms with Gasteiger partial charge in [0.1, 0.15) is 0 Å². The van der Waals surface area contributed by atoms with Gasteiger partial charge < -0.3 is 0 Å². The van der Waals surface area contributed by atoms with Crippen LogP contribution in [-0.2, 0) is 5.41 Å². The first-order chi connectivity index (χ1) is 28.0. The van der Waals surface area contributed by atoms with Crippen molar-refractivity contribution in [2.75, 3.05) is 0 Å².